The Bertz CT molecular complexity index is 2300. The van der Waals surface area contributed by atoms with Gasteiger partial charge in [0, 0.05) is 21.6 Å². The lowest BCUT2D eigenvalue weighted by Crippen LogP contribution is -1.95. The van der Waals surface area contributed by atoms with Crippen LogP contribution in [0.4, 0.5) is 0 Å². The van der Waals surface area contributed by atoms with Crippen LogP contribution in [0.2, 0.25) is 0 Å². The molecule has 0 spiro atoms. The second-order valence-electron chi connectivity index (χ2n) is 11.6. The van der Waals surface area contributed by atoms with Crippen molar-refractivity contribution in [3.8, 4) is 22.3 Å². The van der Waals surface area contributed by atoms with Crippen molar-refractivity contribution in [2.45, 2.75) is 38.2 Å². The molecule has 0 heterocycles. The molecule has 0 aliphatic carbocycles. The van der Waals surface area contributed by atoms with E-state index in [1.165, 1.54) is 75.4 Å². The first-order chi connectivity index (χ1) is 20.5. The van der Waals surface area contributed by atoms with Crippen LogP contribution in [0.5, 0.6) is 0 Å². The number of rotatable bonds is 2. The lowest BCUT2D eigenvalue weighted by atomic mass is 9.82. The first-order valence-electron chi connectivity index (χ1n) is 14.6. The van der Waals surface area contributed by atoms with E-state index in [-0.39, 0.29) is 0 Å². The van der Waals surface area contributed by atoms with Crippen LogP contribution < -0.4 is 0 Å². The van der Waals surface area contributed by atoms with E-state index in [4.69, 9.17) is 0 Å². The molecule has 0 aliphatic heterocycles. The molecule has 2 heteroatoms. The summed E-state index contributed by atoms with van der Waals surface area (Å²) in [7, 11) is 0. The lowest BCUT2D eigenvalue weighted by Gasteiger charge is -2.21. The zero-order valence-corrected chi connectivity index (χ0v) is 25.7. The smallest absolute Gasteiger partial charge is 0.0411 e. The number of hydrogen-bond donors (Lipinski definition) is 0. The third kappa shape index (κ3) is 3.76. The van der Waals surface area contributed by atoms with Crippen LogP contribution >= 0.6 is 23.5 Å². The van der Waals surface area contributed by atoms with Gasteiger partial charge in [0.15, 0.2) is 0 Å². The van der Waals surface area contributed by atoms with Crippen molar-refractivity contribution in [2.24, 2.45) is 0 Å². The molecule has 0 atom stereocenters. The molecule has 42 heavy (non-hydrogen) atoms. The van der Waals surface area contributed by atoms with Gasteiger partial charge in [-0.3, -0.25) is 0 Å². The molecule has 0 aliphatic rings. The zero-order chi connectivity index (χ0) is 28.5. The predicted octanol–water partition coefficient (Wildman–Crippen LogP) is 11.5. The number of thioether (sulfide) groups is 2. The Labute approximate surface area is 254 Å². The molecule has 0 bridgehead atoms. The molecule has 8 rings (SSSR count). The average Bonchev–Trinajstić information content (AvgIpc) is 3.00. The molecule has 0 saturated heterocycles. The topological polar surface area (TPSA) is 0 Å². The number of fused-ring (bicyclic) bond motifs is 4. The van der Waals surface area contributed by atoms with Gasteiger partial charge in [0.25, 0.3) is 0 Å². The maximum Gasteiger partial charge on any atom is 0.0411 e. The average molecular weight is 573 g/mol. The van der Waals surface area contributed by atoms with E-state index in [2.05, 4.69) is 135 Å². The van der Waals surface area contributed by atoms with Crippen LogP contribution in [0, 0.1) is 22.3 Å². The highest BCUT2D eigenvalue weighted by molar-refractivity contribution is 8.04. The molecule has 0 unspecified atom stereocenters. The van der Waals surface area contributed by atoms with Crippen LogP contribution in [-0.4, -0.2) is 10.5 Å². The zero-order valence-electron chi connectivity index (χ0n) is 24.1. The largest absolute Gasteiger partial charge is 0.0719 e. The highest BCUT2D eigenvalue weighted by atomic mass is 32.2. The van der Waals surface area contributed by atoms with Gasteiger partial charge in [0.1, 0.15) is 0 Å². The number of benzene rings is 8. The minimum Gasteiger partial charge on any atom is -0.0719 e. The van der Waals surface area contributed by atoms with Gasteiger partial charge in [0.05, 0.1) is 0 Å². The van der Waals surface area contributed by atoms with Crippen molar-refractivity contribution in [1.82, 2.24) is 0 Å². The lowest BCUT2D eigenvalue weighted by molar-refractivity contribution is 1.12. The second-order valence-corrected chi connectivity index (χ2v) is 14.4. The summed E-state index contributed by atoms with van der Waals surface area (Å²) in [6.07, 6.45) is 0. The Kier molecular flexibility index (Phi) is 5.94. The molecule has 0 radical (unpaired) electrons. The quantitative estimate of drug-likeness (QED) is 0.115. The normalized spacial score (nSPS) is 12.0. The Morgan fingerprint density at radius 2 is 0.833 bits per heavy atom. The third-order valence-corrected chi connectivity index (χ3v) is 9.70. The van der Waals surface area contributed by atoms with Gasteiger partial charge in [-0.25, -0.2) is 0 Å². The van der Waals surface area contributed by atoms with Gasteiger partial charge >= 0.3 is 0 Å². The Morgan fingerprint density at radius 1 is 0.429 bits per heavy atom. The van der Waals surface area contributed by atoms with Gasteiger partial charge in [-0.15, -0.1) is 0 Å². The standard InChI is InChI=1S/C40H28S2/c1-23(2)41-19-17-31-27-9-5-7-11-29(27)35-21-26-14-16-34-32(18-20-42-24(3)4)28-10-6-8-12-30(28)36-22-25-13-15-33(31)39(35)37(25)38(26)40(34)36/h5-16,21-24H,1-4H3. The monoisotopic (exact) mass is 572 g/mol. The van der Waals surface area contributed by atoms with E-state index < -0.39 is 0 Å². The van der Waals surface area contributed by atoms with E-state index >= 15 is 0 Å². The van der Waals surface area contributed by atoms with Crippen molar-refractivity contribution in [3.63, 3.8) is 0 Å². The number of hydrogen-bond acceptors (Lipinski definition) is 2. The molecule has 8 aromatic rings. The molecule has 0 saturated carbocycles. The molecular formula is C40H28S2. The SMILES string of the molecule is CC(C)SC#Cc1c2ccccc2c2cc3ccc4c(C#CSC(C)C)c5ccccc5c5cc6ccc1c2c6c3c45. The van der Waals surface area contributed by atoms with Gasteiger partial charge in [0.2, 0.25) is 0 Å². The molecule has 8 aromatic carbocycles. The summed E-state index contributed by atoms with van der Waals surface area (Å²) in [4.78, 5) is 0. The molecule has 0 N–H and O–H groups in total. The summed E-state index contributed by atoms with van der Waals surface area (Å²) in [5.74, 6) is 7.19. The molecule has 0 fully saturated rings. The minimum absolute atomic E-state index is 0.464. The summed E-state index contributed by atoms with van der Waals surface area (Å²) < 4.78 is 0. The first-order valence-corrected chi connectivity index (χ1v) is 16.3. The van der Waals surface area contributed by atoms with Crippen molar-refractivity contribution in [2.75, 3.05) is 0 Å². The Balaban J connectivity index is 1.59. The van der Waals surface area contributed by atoms with Gasteiger partial charge < -0.3 is 0 Å². The summed E-state index contributed by atoms with van der Waals surface area (Å²) in [5.41, 5.74) is 2.26. The summed E-state index contributed by atoms with van der Waals surface area (Å²) in [5, 5.41) is 25.7. The van der Waals surface area contributed by atoms with E-state index in [0.717, 1.165) is 11.1 Å². The highest BCUT2D eigenvalue weighted by Crippen LogP contribution is 2.48. The van der Waals surface area contributed by atoms with E-state index in [9.17, 15) is 0 Å². The second kappa shape index (κ2) is 9.74. The predicted molar refractivity (Wildman–Crippen MR) is 191 cm³/mol. The Hall–Kier alpha value is -4.08. The van der Waals surface area contributed by atoms with Gasteiger partial charge in [-0.05, 0) is 98.0 Å². The highest BCUT2D eigenvalue weighted by Gasteiger charge is 2.21. The van der Waals surface area contributed by atoms with Crippen molar-refractivity contribution >= 4 is 98.9 Å². The maximum atomic E-state index is 3.59. The van der Waals surface area contributed by atoms with Crippen molar-refractivity contribution in [1.29, 1.82) is 0 Å². The molecule has 200 valence electrons. The van der Waals surface area contributed by atoms with E-state index in [0.29, 0.717) is 10.5 Å². The molecule has 0 aromatic heterocycles. The summed E-state index contributed by atoms with van der Waals surface area (Å²) >= 11 is 3.39. The van der Waals surface area contributed by atoms with Gasteiger partial charge in [-0.2, -0.15) is 0 Å². The molecule has 0 nitrogen and oxygen atoms in total. The summed E-state index contributed by atoms with van der Waals surface area (Å²) in [6.45, 7) is 8.78. The summed E-state index contributed by atoms with van der Waals surface area (Å²) in [6, 6.07) is 31.6. The van der Waals surface area contributed by atoms with Gasteiger partial charge in [-0.1, -0.05) is 136 Å². The Morgan fingerprint density at radius 3 is 1.24 bits per heavy atom. The fourth-order valence-electron chi connectivity index (χ4n) is 6.70. The fraction of sp³-hybridized carbons (Fsp3) is 0.150. The van der Waals surface area contributed by atoms with E-state index in [1.54, 1.807) is 23.5 Å². The maximum absolute atomic E-state index is 3.59. The van der Waals surface area contributed by atoms with Crippen LogP contribution in [-0.2, 0) is 0 Å². The van der Waals surface area contributed by atoms with Crippen LogP contribution in [0.15, 0.2) is 84.9 Å². The van der Waals surface area contributed by atoms with Crippen LogP contribution in [0.3, 0.4) is 0 Å². The van der Waals surface area contributed by atoms with Crippen molar-refractivity contribution < 1.29 is 0 Å². The van der Waals surface area contributed by atoms with Crippen LogP contribution in [0.25, 0.3) is 75.4 Å². The first kappa shape index (κ1) is 25.6. The van der Waals surface area contributed by atoms with Crippen LogP contribution in [0.1, 0.15) is 38.8 Å². The van der Waals surface area contributed by atoms with E-state index in [1.807, 2.05) is 0 Å². The minimum atomic E-state index is 0.464. The fourth-order valence-corrected chi connectivity index (χ4v) is 7.49. The third-order valence-electron chi connectivity index (χ3n) is 8.32. The molecule has 0 amide bonds. The molecular weight excluding hydrogens is 545 g/mol. The van der Waals surface area contributed by atoms with Crippen molar-refractivity contribution in [3.05, 3.63) is 96.1 Å².